The molecular formula is C91H72N2S. The van der Waals surface area contributed by atoms with E-state index in [0.29, 0.717) is 0 Å². The fraction of sp³-hybridized carbons (Fsp3) is 0.0989. The molecule has 14 aromatic carbocycles. The molecule has 0 fully saturated rings. The predicted molar refractivity (Wildman–Crippen MR) is 403 cm³/mol. The van der Waals surface area contributed by atoms with E-state index < -0.39 is 5.41 Å². The average molecular weight is 1230 g/mol. The fourth-order valence-corrected chi connectivity index (χ4v) is 16.2. The molecule has 3 heteroatoms. The van der Waals surface area contributed by atoms with Crippen LogP contribution >= 0.6 is 11.3 Å². The number of benzene rings is 14. The van der Waals surface area contributed by atoms with Crippen LogP contribution in [0, 0.1) is 0 Å². The molecule has 0 bridgehead atoms. The van der Waals surface area contributed by atoms with Crippen LogP contribution < -0.4 is 9.80 Å². The highest BCUT2D eigenvalue weighted by Gasteiger charge is 2.49. The van der Waals surface area contributed by atoms with Gasteiger partial charge in [-0.3, -0.25) is 0 Å². The molecule has 0 spiro atoms. The number of fused-ring (bicyclic) bond motifs is 8. The first-order valence-electron chi connectivity index (χ1n) is 32.9. The fourth-order valence-electron chi connectivity index (χ4n) is 14.9. The van der Waals surface area contributed by atoms with Crippen LogP contribution in [0.5, 0.6) is 0 Å². The molecule has 15 aromatic rings. The minimum atomic E-state index is -0.765. The summed E-state index contributed by atoms with van der Waals surface area (Å²) in [6.45, 7) is 13.9. The Bertz CT molecular complexity index is 5300. The molecule has 0 saturated heterocycles. The summed E-state index contributed by atoms with van der Waals surface area (Å²) in [7, 11) is 0. The van der Waals surface area contributed by atoms with E-state index in [2.05, 4.69) is 379 Å². The van der Waals surface area contributed by atoms with Crippen molar-refractivity contribution >= 4 is 76.4 Å². The lowest BCUT2D eigenvalue weighted by Gasteiger charge is -2.35. The zero-order valence-electron chi connectivity index (χ0n) is 54.0. The van der Waals surface area contributed by atoms with Crippen molar-refractivity contribution in [1.29, 1.82) is 0 Å². The van der Waals surface area contributed by atoms with Crippen LogP contribution in [-0.4, -0.2) is 0 Å². The smallest absolute Gasteiger partial charge is 0.0720 e. The molecule has 0 unspecified atom stereocenters. The third-order valence-corrected chi connectivity index (χ3v) is 20.5. The van der Waals surface area contributed by atoms with Crippen molar-refractivity contribution in [1.82, 2.24) is 0 Å². The Kier molecular flexibility index (Phi) is 14.5. The van der Waals surface area contributed by atoms with E-state index in [0.717, 1.165) is 45.3 Å². The maximum absolute atomic E-state index is 2.59. The first kappa shape index (κ1) is 58.3. The molecule has 452 valence electrons. The Morgan fingerprint density at radius 3 is 1.24 bits per heavy atom. The Morgan fingerprint density at radius 2 is 0.723 bits per heavy atom. The summed E-state index contributed by atoms with van der Waals surface area (Å²) in [4.78, 5) is 5.18. The number of anilines is 6. The van der Waals surface area contributed by atoms with Crippen molar-refractivity contribution < 1.29 is 0 Å². The van der Waals surface area contributed by atoms with Crippen LogP contribution in [0.2, 0.25) is 0 Å². The van der Waals surface area contributed by atoms with Crippen molar-refractivity contribution in [3.63, 3.8) is 0 Å². The molecule has 1 heterocycles. The topological polar surface area (TPSA) is 6.48 Å². The Labute approximate surface area is 557 Å². The largest absolute Gasteiger partial charge is 0.310 e. The molecule has 1 aliphatic carbocycles. The first-order chi connectivity index (χ1) is 45.9. The van der Waals surface area contributed by atoms with E-state index in [1.54, 1.807) is 0 Å². The second-order valence-corrected chi connectivity index (χ2v) is 28.2. The zero-order chi connectivity index (χ0) is 63.7. The van der Waals surface area contributed by atoms with Gasteiger partial charge in [0, 0.05) is 49.2 Å². The van der Waals surface area contributed by atoms with Gasteiger partial charge >= 0.3 is 0 Å². The van der Waals surface area contributed by atoms with Crippen LogP contribution in [0.1, 0.15) is 74.9 Å². The Hall–Kier alpha value is -10.8. The van der Waals surface area contributed by atoms with Gasteiger partial charge in [-0.15, -0.1) is 11.3 Å². The molecular weight excluding hydrogens is 1150 g/mol. The lowest BCUT2D eigenvalue weighted by molar-refractivity contribution is 0.590. The number of thiophene rings is 1. The maximum Gasteiger partial charge on any atom is 0.0720 e. The van der Waals surface area contributed by atoms with Crippen molar-refractivity contribution in [3.05, 3.63) is 361 Å². The first-order valence-corrected chi connectivity index (χ1v) is 33.7. The maximum atomic E-state index is 2.59. The van der Waals surface area contributed by atoms with Crippen LogP contribution in [0.4, 0.5) is 34.1 Å². The van der Waals surface area contributed by atoms with Gasteiger partial charge in [-0.25, -0.2) is 0 Å². The van der Waals surface area contributed by atoms with E-state index >= 15 is 0 Å². The quantitative estimate of drug-likeness (QED) is 0.120. The van der Waals surface area contributed by atoms with Gasteiger partial charge in [-0.2, -0.15) is 0 Å². The molecule has 94 heavy (non-hydrogen) atoms. The summed E-state index contributed by atoms with van der Waals surface area (Å²) in [5.41, 5.74) is 25.1. The minimum absolute atomic E-state index is 0.114. The Morgan fingerprint density at radius 1 is 0.319 bits per heavy atom. The Balaban J connectivity index is 1.06. The third kappa shape index (κ3) is 9.93. The van der Waals surface area contributed by atoms with E-state index in [-0.39, 0.29) is 10.8 Å². The monoisotopic (exact) mass is 1220 g/mol. The molecule has 0 N–H and O–H groups in total. The molecule has 0 amide bonds. The van der Waals surface area contributed by atoms with Crippen molar-refractivity contribution in [3.8, 4) is 55.6 Å². The number of hydrogen-bond acceptors (Lipinski definition) is 3. The van der Waals surface area contributed by atoms with Crippen LogP contribution in [0.3, 0.4) is 0 Å². The molecule has 0 radical (unpaired) electrons. The second kappa shape index (κ2) is 23.4. The summed E-state index contributed by atoms with van der Waals surface area (Å²) in [5.74, 6) is 0. The van der Waals surface area contributed by atoms with E-state index in [9.17, 15) is 0 Å². The summed E-state index contributed by atoms with van der Waals surface area (Å²) in [6.07, 6.45) is 0. The van der Waals surface area contributed by atoms with Gasteiger partial charge in [0.2, 0.25) is 0 Å². The summed E-state index contributed by atoms with van der Waals surface area (Å²) in [5, 5.41) is 4.85. The van der Waals surface area contributed by atoms with Crippen LogP contribution in [0.15, 0.2) is 328 Å². The van der Waals surface area contributed by atoms with E-state index in [1.165, 1.54) is 109 Å². The molecule has 0 saturated carbocycles. The molecule has 0 aliphatic heterocycles. The number of hydrogen-bond donors (Lipinski definition) is 0. The van der Waals surface area contributed by atoms with Gasteiger partial charge in [0.25, 0.3) is 0 Å². The number of nitrogens with zero attached hydrogens (tertiary/aromatic N) is 2. The normalized spacial score (nSPS) is 12.7. The molecule has 1 aliphatic rings. The van der Waals surface area contributed by atoms with Gasteiger partial charge in [0.05, 0.1) is 21.5 Å². The molecule has 2 nitrogen and oxygen atoms in total. The van der Waals surface area contributed by atoms with Crippen LogP contribution in [-0.2, 0) is 16.2 Å². The van der Waals surface area contributed by atoms with Crippen molar-refractivity contribution in [2.24, 2.45) is 0 Å². The second-order valence-electron chi connectivity index (χ2n) is 27.2. The van der Waals surface area contributed by atoms with Gasteiger partial charge < -0.3 is 9.80 Å². The van der Waals surface area contributed by atoms with Crippen LogP contribution in [0.25, 0.3) is 86.6 Å². The average Bonchev–Trinajstić information content (AvgIpc) is 1.50. The summed E-state index contributed by atoms with van der Waals surface area (Å²) in [6, 6.07) is 123. The minimum Gasteiger partial charge on any atom is -0.310 e. The van der Waals surface area contributed by atoms with Gasteiger partial charge in [0.15, 0.2) is 0 Å². The van der Waals surface area contributed by atoms with Gasteiger partial charge in [0.1, 0.15) is 0 Å². The third-order valence-electron chi connectivity index (χ3n) is 19.4. The molecule has 0 atom stereocenters. The molecule has 16 rings (SSSR count). The zero-order valence-corrected chi connectivity index (χ0v) is 54.8. The lowest BCUT2D eigenvalue weighted by Crippen LogP contribution is -2.29. The SMILES string of the molecule is CC(C)(C)c1cccc(N(c2cccc(-c3ccccc3-c3ccccc3)c2)c2cc3sc4c(N(c5cccc(-c6ccccc6-c6ccccc6)c5)c5cccc(C(C)(C)C)c5)c5ccccc5cc4c3c3c2-c2ccccc2C3(c2ccccc2)c2ccccc2)c1. The summed E-state index contributed by atoms with van der Waals surface area (Å²) >= 11 is 1.93. The van der Waals surface area contributed by atoms with Crippen molar-refractivity contribution in [2.45, 2.75) is 57.8 Å². The number of rotatable bonds is 12. The molecule has 1 aromatic heterocycles. The highest BCUT2D eigenvalue weighted by molar-refractivity contribution is 7.26. The van der Waals surface area contributed by atoms with E-state index in [1.807, 2.05) is 11.3 Å². The lowest BCUT2D eigenvalue weighted by atomic mass is 9.66. The highest BCUT2D eigenvalue weighted by atomic mass is 32.1. The standard InChI is InChI=1S/C91H72N2S/c1-89(2,3)68-42-29-46-72(58-68)92(70-44-27-36-63(55-70)76-50-23-21-48-74(76)61-31-11-7-12-32-61)82-60-83-85(86-84(82)79-53-25-26-54-81(79)91(86,66-38-15-9-16-39-66)67-40-17-10-18-41-67)80-57-65-35-19-20-52-78(65)87(88(80)94-83)93(73-47-30-43-69(59-73)90(4,5)6)71-45-28-37-64(56-71)77-51-24-22-49-75(77)62-33-13-8-14-34-62/h7-60H,1-6H3. The summed E-state index contributed by atoms with van der Waals surface area (Å²) < 4.78 is 2.43. The predicted octanol–water partition coefficient (Wildman–Crippen LogP) is 25.8. The van der Waals surface area contributed by atoms with Gasteiger partial charge in [-0.1, -0.05) is 308 Å². The van der Waals surface area contributed by atoms with Crippen molar-refractivity contribution in [2.75, 3.05) is 9.80 Å². The van der Waals surface area contributed by atoms with E-state index in [4.69, 9.17) is 0 Å². The van der Waals surface area contributed by atoms with Gasteiger partial charge in [-0.05, 0) is 160 Å². The highest BCUT2D eigenvalue weighted by Crippen LogP contribution is 2.64.